The van der Waals surface area contributed by atoms with E-state index in [9.17, 15) is 9.18 Å². The minimum atomic E-state index is -0.517. The van der Waals surface area contributed by atoms with E-state index in [0.717, 1.165) is 12.8 Å². The van der Waals surface area contributed by atoms with Crippen LogP contribution in [0, 0.1) is 11.7 Å². The number of carbonyl (C=O) groups excluding carboxylic acids is 1. The van der Waals surface area contributed by atoms with Crippen LogP contribution in [0.1, 0.15) is 42.2 Å². The second kappa shape index (κ2) is 6.67. The van der Waals surface area contributed by atoms with Gasteiger partial charge in [-0.1, -0.05) is 17.3 Å². The van der Waals surface area contributed by atoms with Crippen molar-refractivity contribution >= 4 is 5.78 Å². The lowest BCUT2D eigenvalue weighted by atomic mass is 10.2. The molecule has 1 aromatic carbocycles. The fourth-order valence-corrected chi connectivity index (χ4v) is 2.55. The fraction of sp³-hybridized carbons (Fsp3) is 0.263. The zero-order chi connectivity index (χ0) is 18.1. The molecule has 2 heterocycles. The molecule has 1 fully saturated rings. The second-order valence-corrected chi connectivity index (χ2v) is 6.24. The van der Waals surface area contributed by atoms with Crippen molar-refractivity contribution in [1.29, 1.82) is 0 Å². The average molecular weight is 353 g/mol. The quantitative estimate of drug-likeness (QED) is 0.623. The number of aromatic nitrogens is 3. The highest BCUT2D eigenvalue weighted by Gasteiger charge is 2.31. The Bertz CT molecular complexity index is 935. The Labute approximate surface area is 149 Å². The van der Waals surface area contributed by atoms with Crippen molar-refractivity contribution in [1.82, 2.24) is 15.1 Å². The summed E-state index contributed by atoms with van der Waals surface area (Å²) in [4.78, 5) is 20.4. The molecular formula is C19H16FN3O3. The van der Waals surface area contributed by atoms with Crippen molar-refractivity contribution in [3.05, 3.63) is 60.0 Å². The van der Waals surface area contributed by atoms with Crippen LogP contribution in [0.25, 0.3) is 11.4 Å². The Kier molecular flexibility index (Phi) is 4.20. The molecule has 3 aromatic rings. The second-order valence-electron chi connectivity index (χ2n) is 6.24. The predicted octanol–water partition coefficient (Wildman–Crippen LogP) is 4.00. The number of hydrogen-bond donors (Lipinski definition) is 0. The lowest BCUT2D eigenvalue weighted by Crippen LogP contribution is -2.06. The van der Waals surface area contributed by atoms with Crippen molar-refractivity contribution in [3.8, 4) is 17.1 Å². The van der Waals surface area contributed by atoms with Gasteiger partial charge in [-0.25, -0.2) is 9.37 Å². The smallest absolute Gasteiger partial charge is 0.267 e. The lowest BCUT2D eigenvalue weighted by Gasteiger charge is -2.10. The van der Waals surface area contributed by atoms with E-state index in [1.54, 1.807) is 31.2 Å². The maximum absolute atomic E-state index is 13.3. The third kappa shape index (κ3) is 3.46. The molecule has 1 unspecified atom stereocenters. The van der Waals surface area contributed by atoms with E-state index in [1.807, 2.05) is 0 Å². The molecule has 0 spiro atoms. The van der Waals surface area contributed by atoms with Gasteiger partial charge >= 0.3 is 0 Å². The van der Waals surface area contributed by atoms with Crippen LogP contribution in [0.4, 0.5) is 4.39 Å². The van der Waals surface area contributed by atoms with E-state index in [-0.39, 0.29) is 23.4 Å². The molecule has 0 saturated heterocycles. The van der Waals surface area contributed by atoms with Crippen molar-refractivity contribution in [2.75, 3.05) is 0 Å². The highest BCUT2D eigenvalue weighted by molar-refractivity contribution is 5.97. The number of Topliss-reactive ketones (excluding diaryl/α,β-unsaturated/α-hetero) is 1. The first-order valence-electron chi connectivity index (χ1n) is 8.36. The Morgan fingerprint density at radius 3 is 2.85 bits per heavy atom. The van der Waals surface area contributed by atoms with Crippen LogP contribution < -0.4 is 4.74 Å². The van der Waals surface area contributed by atoms with Crippen LogP contribution in [0.5, 0.6) is 5.75 Å². The highest BCUT2D eigenvalue weighted by atomic mass is 19.1. The van der Waals surface area contributed by atoms with Crippen LogP contribution in [0.3, 0.4) is 0 Å². The summed E-state index contributed by atoms with van der Waals surface area (Å²) in [5, 5.41) is 3.86. The van der Waals surface area contributed by atoms with E-state index in [2.05, 4.69) is 15.1 Å². The topological polar surface area (TPSA) is 78.1 Å². The van der Waals surface area contributed by atoms with Crippen molar-refractivity contribution in [2.24, 2.45) is 5.92 Å². The van der Waals surface area contributed by atoms with Gasteiger partial charge in [-0.15, -0.1) is 0 Å². The first kappa shape index (κ1) is 16.4. The summed E-state index contributed by atoms with van der Waals surface area (Å²) in [6.07, 6.45) is 2.88. The number of pyridine rings is 1. The molecule has 2 aromatic heterocycles. The predicted molar refractivity (Wildman–Crippen MR) is 90.0 cm³/mol. The standard InChI is InChI=1S/C19H16FN3O3/c1-11(19-22-18(23-26-19)13-3-2-4-14(20)9-13)25-15-7-8-16(21-10-15)17(24)12-5-6-12/h2-4,7-12H,5-6H2,1H3. The molecule has 1 atom stereocenters. The molecule has 6 nitrogen and oxygen atoms in total. The molecule has 1 aliphatic carbocycles. The molecule has 0 radical (unpaired) electrons. The molecule has 1 saturated carbocycles. The Balaban J connectivity index is 1.45. The highest BCUT2D eigenvalue weighted by Crippen LogP contribution is 2.32. The molecular weight excluding hydrogens is 337 g/mol. The molecule has 26 heavy (non-hydrogen) atoms. The van der Waals surface area contributed by atoms with Crippen molar-refractivity contribution in [3.63, 3.8) is 0 Å². The van der Waals surface area contributed by atoms with Gasteiger partial charge in [0.2, 0.25) is 5.82 Å². The van der Waals surface area contributed by atoms with E-state index >= 15 is 0 Å². The number of ketones is 1. The zero-order valence-electron chi connectivity index (χ0n) is 14.1. The molecule has 1 aliphatic rings. The number of halogens is 1. The summed E-state index contributed by atoms with van der Waals surface area (Å²) in [5.74, 6) is 0.898. The minimum Gasteiger partial charge on any atom is -0.479 e. The summed E-state index contributed by atoms with van der Waals surface area (Å²) in [7, 11) is 0. The largest absolute Gasteiger partial charge is 0.479 e. The SMILES string of the molecule is CC(Oc1ccc(C(=O)C2CC2)nc1)c1nc(-c2cccc(F)c2)no1. The minimum absolute atomic E-state index is 0.0845. The average Bonchev–Trinajstić information content (AvgIpc) is 3.38. The Morgan fingerprint density at radius 1 is 1.31 bits per heavy atom. The van der Waals surface area contributed by atoms with Gasteiger partial charge in [0.05, 0.1) is 6.20 Å². The summed E-state index contributed by atoms with van der Waals surface area (Å²) < 4.78 is 24.3. The monoisotopic (exact) mass is 353 g/mol. The normalized spacial score (nSPS) is 14.8. The number of rotatable bonds is 6. The fourth-order valence-electron chi connectivity index (χ4n) is 2.55. The Morgan fingerprint density at radius 2 is 2.15 bits per heavy atom. The molecule has 0 aliphatic heterocycles. The molecule has 132 valence electrons. The molecule has 0 N–H and O–H groups in total. The summed E-state index contributed by atoms with van der Waals surface area (Å²) in [6.45, 7) is 1.76. The van der Waals surface area contributed by atoms with Crippen LogP contribution in [-0.2, 0) is 0 Å². The first-order chi connectivity index (χ1) is 12.6. The van der Waals surface area contributed by atoms with E-state index in [4.69, 9.17) is 9.26 Å². The van der Waals surface area contributed by atoms with Gasteiger partial charge in [0.1, 0.15) is 17.3 Å². The van der Waals surface area contributed by atoms with E-state index in [1.165, 1.54) is 18.3 Å². The van der Waals surface area contributed by atoms with Gasteiger partial charge in [-0.3, -0.25) is 4.79 Å². The maximum atomic E-state index is 13.3. The van der Waals surface area contributed by atoms with E-state index in [0.29, 0.717) is 22.8 Å². The summed E-state index contributed by atoms with van der Waals surface area (Å²) >= 11 is 0. The maximum Gasteiger partial charge on any atom is 0.267 e. The van der Waals surface area contributed by atoms with Gasteiger partial charge in [0, 0.05) is 11.5 Å². The van der Waals surface area contributed by atoms with Crippen LogP contribution in [0.15, 0.2) is 47.1 Å². The summed E-state index contributed by atoms with van der Waals surface area (Å²) in [5.41, 5.74) is 0.982. The third-order valence-corrected chi connectivity index (χ3v) is 4.12. The van der Waals surface area contributed by atoms with Gasteiger partial charge in [-0.2, -0.15) is 4.98 Å². The molecule has 4 rings (SSSR count). The molecule has 0 bridgehead atoms. The number of ether oxygens (including phenoxy) is 1. The van der Waals surface area contributed by atoms with Crippen LogP contribution >= 0.6 is 0 Å². The van der Waals surface area contributed by atoms with E-state index < -0.39 is 6.10 Å². The molecule has 7 heteroatoms. The number of carbonyl (C=O) groups is 1. The van der Waals surface area contributed by atoms with Crippen molar-refractivity contribution in [2.45, 2.75) is 25.9 Å². The van der Waals surface area contributed by atoms with Gasteiger partial charge in [0.15, 0.2) is 11.9 Å². The lowest BCUT2D eigenvalue weighted by molar-refractivity contribution is 0.0962. The zero-order valence-corrected chi connectivity index (χ0v) is 14.1. The number of nitrogens with zero attached hydrogens (tertiary/aromatic N) is 3. The van der Waals surface area contributed by atoms with Gasteiger partial charge < -0.3 is 9.26 Å². The number of benzene rings is 1. The number of hydrogen-bond acceptors (Lipinski definition) is 6. The van der Waals surface area contributed by atoms with Gasteiger partial charge in [0.25, 0.3) is 5.89 Å². The van der Waals surface area contributed by atoms with Crippen molar-refractivity contribution < 1.29 is 18.4 Å². The third-order valence-electron chi connectivity index (χ3n) is 4.12. The van der Waals surface area contributed by atoms with Gasteiger partial charge in [-0.05, 0) is 44.0 Å². The summed E-state index contributed by atoms with van der Waals surface area (Å²) in [6, 6.07) is 9.32. The van der Waals surface area contributed by atoms with Crippen LogP contribution in [-0.4, -0.2) is 20.9 Å². The first-order valence-corrected chi connectivity index (χ1v) is 8.36. The Hall–Kier alpha value is -3.09. The van der Waals surface area contributed by atoms with Crippen LogP contribution in [0.2, 0.25) is 0 Å². The molecule has 0 amide bonds.